The molecule has 2 rings (SSSR count). The van der Waals surface area contributed by atoms with Crippen molar-refractivity contribution in [2.24, 2.45) is 0 Å². The number of halogens is 1. The van der Waals surface area contributed by atoms with E-state index in [-0.39, 0.29) is 12.4 Å². The molecule has 5 nitrogen and oxygen atoms in total. The van der Waals surface area contributed by atoms with E-state index in [4.69, 9.17) is 0 Å². The topological polar surface area (TPSA) is 66.9 Å². The van der Waals surface area contributed by atoms with Gasteiger partial charge in [0, 0.05) is 12.1 Å². The van der Waals surface area contributed by atoms with Crippen LogP contribution in [0, 0.1) is 5.82 Å². The van der Waals surface area contributed by atoms with E-state index >= 15 is 0 Å². The lowest BCUT2D eigenvalue weighted by Gasteiger charge is -2.05. The summed E-state index contributed by atoms with van der Waals surface area (Å²) < 4.78 is 13.2. The smallest absolute Gasteiger partial charge is 0.321 e. The maximum atomic E-state index is 13.2. The Morgan fingerprint density at radius 1 is 1.41 bits per heavy atom. The summed E-state index contributed by atoms with van der Waals surface area (Å²) in [6.07, 6.45) is 0. The fourth-order valence-electron chi connectivity index (χ4n) is 1.19. The van der Waals surface area contributed by atoms with E-state index in [1.807, 2.05) is 0 Å². The maximum Gasteiger partial charge on any atom is 0.321 e. The van der Waals surface area contributed by atoms with Crippen molar-refractivity contribution in [2.75, 3.05) is 5.32 Å². The van der Waals surface area contributed by atoms with Crippen molar-refractivity contribution < 1.29 is 9.18 Å². The number of carbonyl (C=O) groups excluding carboxylic acids is 1. The van der Waals surface area contributed by atoms with E-state index in [2.05, 4.69) is 20.8 Å². The molecule has 0 bridgehead atoms. The normalized spacial score (nSPS) is 9.94. The summed E-state index contributed by atoms with van der Waals surface area (Å²) in [4.78, 5) is 11.4. The number of nitrogens with zero attached hydrogens (tertiary/aromatic N) is 2. The Bertz CT molecular complexity index is 503. The van der Waals surface area contributed by atoms with Gasteiger partial charge in [-0.2, -0.15) is 0 Å². The lowest BCUT2D eigenvalue weighted by molar-refractivity contribution is 0.251. The molecule has 0 aliphatic carbocycles. The molecule has 88 valence electrons. The second-order valence-electron chi connectivity index (χ2n) is 3.14. The van der Waals surface area contributed by atoms with Gasteiger partial charge in [0.2, 0.25) is 5.13 Å². The number of rotatable bonds is 3. The van der Waals surface area contributed by atoms with Crippen molar-refractivity contribution in [3.63, 3.8) is 0 Å². The molecule has 1 aromatic carbocycles. The molecule has 1 aromatic heterocycles. The SMILES string of the molecule is O=C(NCc1ccccc1F)Nc1nncs1. The molecule has 7 heteroatoms. The van der Waals surface area contributed by atoms with E-state index in [0.29, 0.717) is 10.7 Å². The summed E-state index contributed by atoms with van der Waals surface area (Å²) in [5.41, 5.74) is 1.94. The van der Waals surface area contributed by atoms with Crippen molar-refractivity contribution in [1.29, 1.82) is 0 Å². The number of nitrogens with one attached hydrogen (secondary N) is 2. The first-order chi connectivity index (χ1) is 8.25. The molecular weight excluding hydrogens is 243 g/mol. The molecule has 0 saturated carbocycles. The zero-order valence-electron chi connectivity index (χ0n) is 8.68. The summed E-state index contributed by atoms with van der Waals surface area (Å²) in [7, 11) is 0. The molecule has 0 atom stereocenters. The Labute approximate surface area is 101 Å². The van der Waals surface area contributed by atoms with Crippen molar-refractivity contribution >= 4 is 22.5 Å². The van der Waals surface area contributed by atoms with Crippen LogP contribution in [-0.4, -0.2) is 16.2 Å². The molecule has 2 N–H and O–H groups in total. The molecule has 0 unspecified atom stereocenters. The van der Waals surface area contributed by atoms with Gasteiger partial charge >= 0.3 is 6.03 Å². The van der Waals surface area contributed by atoms with Crippen LogP contribution in [0.15, 0.2) is 29.8 Å². The molecule has 0 aliphatic rings. The highest BCUT2D eigenvalue weighted by Gasteiger charge is 2.05. The molecule has 2 amide bonds. The van der Waals surface area contributed by atoms with Gasteiger partial charge in [0.15, 0.2) is 0 Å². The summed E-state index contributed by atoms with van der Waals surface area (Å²) in [6, 6.07) is 5.83. The zero-order valence-corrected chi connectivity index (χ0v) is 9.50. The second kappa shape index (κ2) is 5.35. The molecule has 0 spiro atoms. The minimum Gasteiger partial charge on any atom is -0.334 e. The lowest BCUT2D eigenvalue weighted by Crippen LogP contribution is -2.28. The molecule has 0 aliphatic heterocycles. The average molecular weight is 252 g/mol. The van der Waals surface area contributed by atoms with Crippen LogP contribution in [0.1, 0.15) is 5.56 Å². The standard InChI is InChI=1S/C10H9FN4OS/c11-8-4-2-1-3-7(8)5-12-9(16)14-10-15-13-6-17-10/h1-4,6H,5H2,(H2,12,14,15,16). The summed E-state index contributed by atoms with van der Waals surface area (Å²) in [6.45, 7) is 0.122. The first-order valence-corrected chi connectivity index (χ1v) is 5.68. The van der Waals surface area contributed by atoms with E-state index in [1.54, 1.807) is 18.2 Å². The number of aromatic nitrogens is 2. The predicted molar refractivity (Wildman–Crippen MR) is 62.2 cm³/mol. The zero-order chi connectivity index (χ0) is 12.1. The monoisotopic (exact) mass is 252 g/mol. The molecule has 0 saturated heterocycles. The van der Waals surface area contributed by atoms with Crippen molar-refractivity contribution in [2.45, 2.75) is 6.54 Å². The Kier molecular flexibility index (Phi) is 3.61. The highest BCUT2D eigenvalue weighted by molar-refractivity contribution is 7.13. The van der Waals surface area contributed by atoms with E-state index < -0.39 is 6.03 Å². The fraction of sp³-hybridized carbons (Fsp3) is 0.100. The third kappa shape index (κ3) is 3.22. The highest BCUT2D eigenvalue weighted by atomic mass is 32.1. The van der Waals surface area contributed by atoms with E-state index in [0.717, 1.165) is 0 Å². The second-order valence-corrected chi connectivity index (χ2v) is 3.98. The van der Waals surface area contributed by atoms with Gasteiger partial charge in [-0.15, -0.1) is 10.2 Å². The quantitative estimate of drug-likeness (QED) is 0.878. The Hall–Kier alpha value is -2.02. The Morgan fingerprint density at radius 2 is 2.24 bits per heavy atom. The van der Waals surface area contributed by atoms with E-state index in [1.165, 1.54) is 22.9 Å². The Balaban J connectivity index is 1.86. The van der Waals surface area contributed by atoms with E-state index in [9.17, 15) is 9.18 Å². The summed E-state index contributed by atoms with van der Waals surface area (Å²) in [5, 5.41) is 12.6. The molecule has 1 heterocycles. The van der Waals surface area contributed by atoms with Gasteiger partial charge < -0.3 is 5.32 Å². The number of hydrogen-bond donors (Lipinski definition) is 2. The summed E-state index contributed by atoms with van der Waals surface area (Å²) in [5.74, 6) is -0.344. The van der Waals surface area contributed by atoms with Crippen molar-refractivity contribution in [3.05, 3.63) is 41.2 Å². The number of urea groups is 1. The van der Waals surface area contributed by atoms with Gasteiger partial charge in [-0.05, 0) is 6.07 Å². The lowest BCUT2D eigenvalue weighted by atomic mass is 10.2. The van der Waals surface area contributed by atoms with Crippen LogP contribution in [0.5, 0.6) is 0 Å². The highest BCUT2D eigenvalue weighted by Crippen LogP contribution is 2.08. The van der Waals surface area contributed by atoms with Gasteiger partial charge in [0.1, 0.15) is 11.3 Å². The van der Waals surface area contributed by atoms with Gasteiger partial charge in [0.05, 0.1) is 0 Å². The van der Waals surface area contributed by atoms with Crippen LogP contribution in [-0.2, 0) is 6.54 Å². The fourth-order valence-corrected chi connectivity index (χ4v) is 1.63. The van der Waals surface area contributed by atoms with Gasteiger partial charge in [-0.25, -0.2) is 9.18 Å². The van der Waals surface area contributed by atoms with Crippen molar-refractivity contribution in [3.8, 4) is 0 Å². The minimum absolute atomic E-state index is 0.122. The van der Waals surface area contributed by atoms with Crippen LogP contribution in [0.3, 0.4) is 0 Å². The molecular formula is C10H9FN4OS. The summed E-state index contributed by atoms with van der Waals surface area (Å²) >= 11 is 1.21. The first-order valence-electron chi connectivity index (χ1n) is 4.80. The number of hydrogen-bond acceptors (Lipinski definition) is 4. The van der Waals surface area contributed by atoms with Crippen LogP contribution >= 0.6 is 11.3 Å². The molecule has 0 radical (unpaired) electrons. The molecule has 17 heavy (non-hydrogen) atoms. The Morgan fingerprint density at radius 3 is 2.94 bits per heavy atom. The molecule has 2 aromatic rings. The maximum absolute atomic E-state index is 13.2. The predicted octanol–water partition coefficient (Wildman–Crippen LogP) is 2.00. The van der Waals surface area contributed by atoms with Gasteiger partial charge in [-0.3, -0.25) is 5.32 Å². The van der Waals surface area contributed by atoms with Crippen LogP contribution < -0.4 is 10.6 Å². The van der Waals surface area contributed by atoms with Crippen LogP contribution in [0.2, 0.25) is 0 Å². The average Bonchev–Trinajstić information content (AvgIpc) is 2.81. The van der Waals surface area contributed by atoms with Gasteiger partial charge in [-0.1, -0.05) is 29.5 Å². The van der Waals surface area contributed by atoms with Crippen molar-refractivity contribution in [1.82, 2.24) is 15.5 Å². The number of anilines is 1. The third-order valence-electron chi connectivity index (χ3n) is 1.98. The number of carbonyl (C=O) groups is 1. The minimum atomic E-state index is -0.440. The molecule has 0 fully saturated rings. The number of benzene rings is 1. The third-order valence-corrected chi connectivity index (χ3v) is 2.58. The van der Waals surface area contributed by atoms with Crippen LogP contribution in [0.4, 0.5) is 14.3 Å². The first kappa shape index (κ1) is 11.5. The van der Waals surface area contributed by atoms with Gasteiger partial charge in [0.25, 0.3) is 0 Å². The number of amides is 2. The van der Waals surface area contributed by atoms with Crippen LogP contribution in [0.25, 0.3) is 0 Å². The largest absolute Gasteiger partial charge is 0.334 e.